The Balaban J connectivity index is 2.67. The van der Waals surface area contributed by atoms with Crippen LogP contribution in [0.5, 0.6) is 0 Å². The van der Waals surface area contributed by atoms with E-state index in [0.717, 1.165) is 12.8 Å². The van der Waals surface area contributed by atoms with Gasteiger partial charge in [-0.2, -0.15) is 0 Å². The predicted molar refractivity (Wildman–Crippen MR) is 76.1 cm³/mol. The van der Waals surface area contributed by atoms with E-state index in [4.69, 9.17) is 5.73 Å². The smallest absolute Gasteiger partial charge is 0.211 e. The van der Waals surface area contributed by atoms with E-state index < -0.39 is 25.1 Å². The van der Waals surface area contributed by atoms with Crippen molar-refractivity contribution in [2.45, 2.75) is 31.4 Å². The van der Waals surface area contributed by atoms with Crippen LogP contribution in [0.2, 0.25) is 0 Å². The highest BCUT2D eigenvalue weighted by Crippen LogP contribution is 2.22. The van der Waals surface area contributed by atoms with Crippen molar-refractivity contribution >= 4 is 19.9 Å². The van der Waals surface area contributed by atoms with Crippen LogP contribution in [0.25, 0.3) is 0 Å². The SMILES string of the molecule is CC(CCN)S(=O)(=O)CC1CCCN(S(C)(=O)=O)C1. The molecule has 0 spiro atoms. The number of rotatable bonds is 6. The fraction of sp³-hybridized carbons (Fsp3) is 1.00. The van der Waals surface area contributed by atoms with E-state index in [9.17, 15) is 16.8 Å². The van der Waals surface area contributed by atoms with Gasteiger partial charge >= 0.3 is 0 Å². The number of piperidine rings is 1. The van der Waals surface area contributed by atoms with Crippen molar-refractivity contribution in [3.63, 3.8) is 0 Å². The highest BCUT2D eigenvalue weighted by Gasteiger charge is 2.31. The van der Waals surface area contributed by atoms with Gasteiger partial charge in [0.15, 0.2) is 9.84 Å². The van der Waals surface area contributed by atoms with Gasteiger partial charge in [0.25, 0.3) is 0 Å². The lowest BCUT2D eigenvalue weighted by Gasteiger charge is -2.31. The van der Waals surface area contributed by atoms with Gasteiger partial charge in [-0.15, -0.1) is 0 Å². The van der Waals surface area contributed by atoms with Gasteiger partial charge in [-0.05, 0) is 38.6 Å². The zero-order chi connectivity index (χ0) is 14.7. The Morgan fingerprint density at radius 2 is 1.95 bits per heavy atom. The summed E-state index contributed by atoms with van der Waals surface area (Å²) in [6.07, 6.45) is 3.10. The third-order valence-electron chi connectivity index (χ3n) is 3.60. The maximum atomic E-state index is 12.1. The fourth-order valence-electron chi connectivity index (χ4n) is 2.37. The number of sulfone groups is 1. The molecule has 0 aromatic heterocycles. The Hall–Kier alpha value is -0.180. The Labute approximate surface area is 116 Å². The topological polar surface area (TPSA) is 97.5 Å². The molecule has 19 heavy (non-hydrogen) atoms. The first-order valence-corrected chi connectivity index (χ1v) is 10.1. The van der Waals surface area contributed by atoms with Crippen LogP contribution >= 0.6 is 0 Å². The van der Waals surface area contributed by atoms with Crippen molar-refractivity contribution in [3.05, 3.63) is 0 Å². The summed E-state index contributed by atoms with van der Waals surface area (Å²) in [5.41, 5.74) is 5.39. The first kappa shape index (κ1) is 16.9. The molecule has 0 amide bonds. The van der Waals surface area contributed by atoms with Gasteiger partial charge < -0.3 is 5.73 Å². The lowest BCUT2D eigenvalue weighted by atomic mass is 10.0. The zero-order valence-corrected chi connectivity index (χ0v) is 13.2. The lowest BCUT2D eigenvalue weighted by molar-refractivity contribution is 0.283. The average molecular weight is 312 g/mol. The molecular formula is C11H24N2O4S2. The molecule has 2 unspecified atom stereocenters. The number of hydrogen-bond acceptors (Lipinski definition) is 5. The van der Waals surface area contributed by atoms with E-state index in [1.165, 1.54) is 10.6 Å². The molecule has 0 bridgehead atoms. The maximum Gasteiger partial charge on any atom is 0.211 e. The number of nitrogens with zero attached hydrogens (tertiary/aromatic N) is 1. The van der Waals surface area contributed by atoms with Crippen molar-refractivity contribution in [1.29, 1.82) is 0 Å². The largest absolute Gasteiger partial charge is 0.330 e. The molecule has 114 valence electrons. The molecule has 1 rings (SSSR count). The maximum absolute atomic E-state index is 12.1. The molecule has 1 heterocycles. The highest BCUT2D eigenvalue weighted by atomic mass is 32.2. The minimum Gasteiger partial charge on any atom is -0.330 e. The normalized spacial score (nSPS) is 24.3. The molecule has 0 aromatic rings. The summed E-state index contributed by atoms with van der Waals surface area (Å²) in [6.45, 7) is 2.82. The molecule has 0 aromatic carbocycles. The van der Waals surface area contributed by atoms with E-state index in [-0.39, 0.29) is 11.7 Å². The standard InChI is InChI=1S/C11H24N2O4S2/c1-10(5-6-12)19(16,17)9-11-4-3-7-13(8-11)18(2,14)15/h10-11H,3-9,12H2,1-2H3. The predicted octanol–water partition coefficient (Wildman–Crippen LogP) is -0.190. The zero-order valence-electron chi connectivity index (χ0n) is 11.6. The van der Waals surface area contributed by atoms with Crippen LogP contribution < -0.4 is 5.73 Å². The summed E-state index contributed by atoms with van der Waals surface area (Å²) in [7, 11) is -6.42. The number of sulfonamides is 1. The van der Waals surface area contributed by atoms with Crippen LogP contribution in [0.3, 0.4) is 0 Å². The monoisotopic (exact) mass is 312 g/mol. The van der Waals surface area contributed by atoms with Crippen molar-refractivity contribution in [1.82, 2.24) is 4.31 Å². The van der Waals surface area contributed by atoms with E-state index in [0.29, 0.717) is 26.1 Å². The van der Waals surface area contributed by atoms with Crippen molar-refractivity contribution in [2.75, 3.05) is 31.6 Å². The molecule has 1 aliphatic heterocycles. The lowest BCUT2D eigenvalue weighted by Crippen LogP contribution is -2.42. The average Bonchev–Trinajstić information content (AvgIpc) is 2.28. The second-order valence-electron chi connectivity index (χ2n) is 5.35. The Morgan fingerprint density at radius 3 is 2.47 bits per heavy atom. The molecule has 6 nitrogen and oxygen atoms in total. The third-order valence-corrected chi connectivity index (χ3v) is 7.27. The minimum absolute atomic E-state index is 0.0557. The second-order valence-corrected chi connectivity index (χ2v) is 9.79. The summed E-state index contributed by atoms with van der Waals surface area (Å²) < 4.78 is 48.6. The number of nitrogens with two attached hydrogens (primary N) is 1. The third kappa shape index (κ3) is 5.02. The van der Waals surface area contributed by atoms with Crippen molar-refractivity contribution in [2.24, 2.45) is 11.7 Å². The van der Waals surface area contributed by atoms with Gasteiger partial charge in [0, 0.05) is 13.1 Å². The van der Waals surface area contributed by atoms with E-state index in [1.807, 2.05) is 0 Å². The van der Waals surface area contributed by atoms with Crippen LogP contribution in [0.15, 0.2) is 0 Å². The van der Waals surface area contributed by atoms with E-state index >= 15 is 0 Å². The Morgan fingerprint density at radius 1 is 1.32 bits per heavy atom. The summed E-state index contributed by atoms with van der Waals surface area (Å²) in [5, 5.41) is -0.453. The summed E-state index contributed by atoms with van der Waals surface area (Å²) in [4.78, 5) is 0. The summed E-state index contributed by atoms with van der Waals surface area (Å²) >= 11 is 0. The van der Waals surface area contributed by atoms with E-state index in [2.05, 4.69) is 0 Å². The quantitative estimate of drug-likeness (QED) is 0.733. The molecule has 0 aliphatic carbocycles. The molecule has 1 fully saturated rings. The van der Waals surface area contributed by atoms with Gasteiger partial charge in [-0.25, -0.2) is 21.1 Å². The first-order valence-electron chi connectivity index (χ1n) is 6.53. The minimum atomic E-state index is -3.23. The van der Waals surface area contributed by atoms with Crippen molar-refractivity contribution in [3.8, 4) is 0 Å². The molecule has 2 atom stereocenters. The van der Waals surface area contributed by atoms with Crippen LogP contribution in [-0.4, -0.2) is 58.0 Å². The van der Waals surface area contributed by atoms with Gasteiger partial charge in [0.05, 0.1) is 17.3 Å². The number of hydrogen-bond donors (Lipinski definition) is 1. The van der Waals surface area contributed by atoms with Crippen molar-refractivity contribution < 1.29 is 16.8 Å². The Kier molecular flexibility index (Phi) is 5.78. The molecule has 0 saturated carbocycles. The molecule has 2 N–H and O–H groups in total. The molecule has 0 radical (unpaired) electrons. The Bertz CT molecular complexity index is 487. The van der Waals surface area contributed by atoms with Crippen LogP contribution in [-0.2, 0) is 19.9 Å². The van der Waals surface area contributed by atoms with Gasteiger partial charge in [0.2, 0.25) is 10.0 Å². The first-order chi connectivity index (χ1) is 8.66. The van der Waals surface area contributed by atoms with Crippen LogP contribution in [0.4, 0.5) is 0 Å². The second kappa shape index (κ2) is 6.51. The highest BCUT2D eigenvalue weighted by molar-refractivity contribution is 7.92. The van der Waals surface area contributed by atoms with Crippen LogP contribution in [0, 0.1) is 5.92 Å². The molecule has 1 saturated heterocycles. The molecule has 1 aliphatic rings. The molecular weight excluding hydrogens is 288 g/mol. The van der Waals surface area contributed by atoms with Gasteiger partial charge in [-0.3, -0.25) is 0 Å². The van der Waals surface area contributed by atoms with Gasteiger partial charge in [-0.1, -0.05) is 0 Å². The summed E-state index contributed by atoms with van der Waals surface area (Å²) in [5.74, 6) is -0.0473. The summed E-state index contributed by atoms with van der Waals surface area (Å²) in [6, 6.07) is 0. The van der Waals surface area contributed by atoms with Crippen LogP contribution in [0.1, 0.15) is 26.2 Å². The molecule has 8 heteroatoms. The fourth-order valence-corrected chi connectivity index (χ4v) is 5.07. The van der Waals surface area contributed by atoms with Gasteiger partial charge in [0.1, 0.15) is 0 Å². The van der Waals surface area contributed by atoms with E-state index in [1.54, 1.807) is 6.92 Å².